The van der Waals surface area contributed by atoms with Gasteiger partial charge in [0.1, 0.15) is 12.4 Å². The van der Waals surface area contributed by atoms with Crippen LogP contribution >= 0.6 is 0 Å². The van der Waals surface area contributed by atoms with Crippen molar-refractivity contribution in [2.45, 2.75) is 11.8 Å². The quantitative estimate of drug-likeness (QED) is 0.183. The zero-order chi connectivity index (χ0) is 32.3. The minimum atomic E-state index is -0.340. The molecule has 0 saturated heterocycles. The van der Waals surface area contributed by atoms with E-state index in [9.17, 15) is 5.11 Å². The molecule has 1 aliphatic carbocycles. The summed E-state index contributed by atoms with van der Waals surface area (Å²) >= 11 is 0. The van der Waals surface area contributed by atoms with Crippen molar-refractivity contribution in [1.82, 2.24) is 0 Å². The van der Waals surface area contributed by atoms with E-state index in [2.05, 4.69) is 170 Å². The van der Waals surface area contributed by atoms with Gasteiger partial charge in [-0.1, -0.05) is 170 Å². The van der Waals surface area contributed by atoms with E-state index < -0.39 is 0 Å². The second kappa shape index (κ2) is 12.8. The lowest BCUT2D eigenvalue weighted by Crippen LogP contribution is -2.31. The van der Waals surface area contributed by atoms with E-state index in [1.807, 2.05) is 6.07 Å². The molecule has 7 aromatic rings. The lowest BCUT2D eigenvalue weighted by molar-refractivity contribution is 0.202. The van der Waals surface area contributed by atoms with Crippen molar-refractivity contribution in [2.24, 2.45) is 0 Å². The molecule has 48 heavy (non-hydrogen) atoms. The van der Waals surface area contributed by atoms with E-state index in [1.54, 1.807) is 0 Å². The maximum Gasteiger partial charge on any atom is 0.128 e. The Bertz CT molecular complexity index is 2180. The average Bonchev–Trinajstić information content (AvgIpc) is 3.17. The van der Waals surface area contributed by atoms with E-state index in [-0.39, 0.29) is 18.6 Å². The fourth-order valence-corrected chi connectivity index (χ4v) is 7.50. The molecule has 0 radical (unpaired) electrons. The van der Waals surface area contributed by atoms with Crippen molar-refractivity contribution in [3.63, 3.8) is 0 Å². The first kappa shape index (κ1) is 29.7. The Morgan fingerprint density at radius 1 is 0.542 bits per heavy atom. The molecule has 1 N–H and O–H groups in total. The van der Waals surface area contributed by atoms with Crippen molar-refractivity contribution < 1.29 is 9.84 Å². The SMILES string of the molecule is OCCOc1cc(-c2ccccc2)c2ccccc2c1-c1ccc(-c2ccccc2)c2c1C=CC(c1ccccc1)(c1ccccc1)C2. The van der Waals surface area contributed by atoms with Gasteiger partial charge in [0.05, 0.1) is 6.61 Å². The van der Waals surface area contributed by atoms with Crippen LogP contribution in [-0.2, 0) is 11.8 Å². The molecule has 0 saturated carbocycles. The van der Waals surface area contributed by atoms with Gasteiger partial charge in [-0.15, -0.1) is 0 Å². The number of fused-ring (bicyclic) bond motifs is 2. The van der Waals surface area contributed by atoms with Gasteiger partial charge in [0.15, 0.2) is 0 Å². The molecule has 2 nitrogen and oxygen atoms in total. The third-order valence-electron chi connectivity index (χ3n) is 9.72. The Hall–Kier alpha value is -5.70. The van der Waals surface area contributed by atoms with E-state index in [0.29, 0.717) is 0 Å². The van der Waals surface area contributed by atoms with Crippen molar-refractivity contribution in [1.29, 1.82) is 0 Å². The molecule has 8 rings (SSSR count). The Balaban J connectivity index is 1.42. The third kappa shape index (κ3) is 5.21. The smallest absolute Gasteiger partial charge is 0.128 e. The normalized spacial score (nSPS) is 13.3. The average molecular weight is 621 g/mol. The van der Waals surface area contributed by atoms with Crippen LogP contribution < -0.4 is 4.74 Å². The molecule has 0 amide bonds. The molecular weight excluding hydrogens is 585 g/mol. The number of hydrogen-bond donors (Lipinski definition) is 1. The van der Waals surface area contributed by atoms with Crippen LogP contribution in [0.3, 0.4) is 0 Å². The molecule has 0 bridgehead atoms. The summed E-state index contributed by atoms with van der Waals surface area (Å²) < 4.78 is 6.42. The number of allylic oxidation sites excluding steroid dienone is 1. The summed E-state index contributed by atoms with van der Waals surface area (Å²) in [5, 5.41) is 12.2. The molecule has 0 unspecified atom stereocenters. The Kier molecular flexibility index (Phi) is 7.94. The highest BCUT2D eigenvalue weighted by Gasteiger charge is 2.37. The van der Waals surface area contributed by atoms with Gasteiger partial charge in [-0.3, -0.25) is 0 Å². The fraction of sp³-hybridized carbons (Fsp3) is 0.0870. The van der Waals surface area contributed by atoms with E-state index in [1.165, 1.54) is 38.8 Å². The monoisotopic (exact) mass is 620 g/mol. The maximum absolute atomic E-state index is 9.88. The molecule has 0 heterocycles. The minimum absolute atomic E-state index is 0.0609. The predicted octanol–water partition coefficient (Wildman–Crippen LogP) is 10.8. The Morgan fingerprint density at radius 3 is 1.67 bits per heavy atom. The van der Waals surface area contributed by atoms with E-state index in [4.69, 9.17) is 4.74 Å². The molecule has 0 atom stereocenters. The van der Waals surface area contributed by atoms with E-state index in [0.717, 1.165) is 39.8 Å². The number of ether oxygens (including phenoxy) is 1. The van der Waals surface area contributed by atoms with Crippen molar-refractivity contribution in [2.75, 3.05) is 13.2 Å². The second-order valence-electron chi connectivity index (χ2n) is 12.4. The second-order valence-corrected chi connectivity index (χ2v) is 12.4. The maximum atomic E-state index is 9.88. The highest BCUT2D eigenvalue weighted by molar-refractivity contribution is 6.09. The van der Waals surface area contributed by atoms with Crippen LogP contribution in [0.5, 0.6) is 5.75 Å². The molecule has 0 aliphatic heterocycles. The van der Waals surface area contributed by atoms with Crippen LogP contribution in [0.4, 0.5) is 0 Å². The topological polar surface area (TPSA) is 29.5 Å². The van der Waals surface area contributed by atoms with Crippen molar-refractivity contribution in [3.05, 3.63) is 192 Å². The van der Waals surface area contributed by atoms with Gasteiger partial charge in [-0.25, -0.2) is 0 Å². The third-order valence-corrected chi connectivity index (χ3v) is 9.72. The number of aliphatic hydroxyl groups is 1. The molecule has 232 valence electrons. The summed E-state index contributed by atoms with van der Waals surface area (Å²) in [7, 11) is 0. The van der Waals surface area contributed by atoms with Crippen molar-refractivity contribution in [3.8, 4) is 39.1 Å². The van der Waals surface area contributed by atoms with Crippen LogP contribution in [0.2, 0.25) is 0 Å². The lowest BCUT2D eigenvalue weighted by Gasteiger charge is -2.37. The lowest BCUT2D eigenvalue weighted by atomic mass is 9.65. The van der Waals surface area contributed by atoms with Crippen LogP contribution in [0.1, 0.15) is 22.3 Å². The predicted molar refractivity (Wildman–Crippen MR) is 199 cm³/mol. The highest BCUT2D eigenvalue weighted by atomic mass is 16.5. The van der Waals surface area contributed by atoms with Gasteiger partial charge in [0, 0.05) is 11.0 Å². The number of aliphatic hydroxyl groups excluding tert-OH is 1. The summed E-state index contributed by atoms with van der Waals surface area (Å²) in [5.74, 6) is 0.771. The summed E-state index contributed by atoms with van der Waals surface area (Å²) in [4.78, 5) is 0. The molecule has 0 fully saturated rings. The van der Waals surface area contributed by atoms with Gasteiger partial charge in [0.2, 0.25) is 0 Å². The van der Waals surface area contributed by atoms with Crippen LogP contribution in [0.25, 0.3) is 50.2 Å². The first-order valence-corrected chi connectivity index (χ1v) is 16.6. The Morgan fingerprint density at radius 2 is 1.06 bits per heavy atom. The van der Waals surface area contributed by atoms with Gasteiger partial charge < -0.3 is 9.84 Å². The zero-order valence-electron chi connectivity index (χ0n) is 26.7. The van der Waals surface area contributed by atoms with Gasteiger partial charge in [-0.05, 0) is 73.3 Å². The highest BCUT2D eigenvalue weighted by Crippen LogP contribution is 2.50. The van der Waals surface area contributed by atoms with Crippen molar-refractivity contribution >= 4 is 16.8 Å². The minimum Gasteiger partial charge on any atom is -0.491 e. The van der Waals surface area contributed by atoms with Gasteiger partial charge >= 0.3 is 0 Å². The van der Waals surface area contributed by atoms with Crippen LogP contribution in [0.15, 0.2) is 170 Å². The van der Waals surface area contributed by atoms with E-state index >= 15 is 0 Å². The largest absolute Gasteiger partial charge is 0.491 e. The molecule has 2 heteroatoms. The molecule has 7 aromatic carbocycles. The number of hydrogen-bond acceptors (Lipinski definition) is 2. The molecule has 1 aliphatic rings. The summed E-state index contributed by atoms with van der Waals surface area (Å²) in [6.45, 7) is 0.152. The number of benzene rings is 7. The van der Waals surface area contributed by atoms with Crippen LogP contribution in [0, 0.1) is 0 Å². The molecule has 0 aromatic heterocycles. The molecule has 0 spiro atoms. The summed E-state index contributed by atoms with van der Waals surface area (Å²) in [5.41, 5.74) is 11.6. The van der Waals surface area contributed by atoms with Gasteiger partial charge in [0.25, 0.3) is 0 Å². The summed E-state index contributed by atoms with van der Waals surface area (Å²) in [6.07, 6.45) is 5.56. The first-order valence-electron chi connectivity index (χ1n) is 16.6. The first-order chi connectivity index (χ1) is 23.8. The number of rotatable bonds is 8. The Labute approximate surface area is 282 Å². The molecular formula is C46H36O2. The summed E-state index contributed by atoms with van der Waals surface area (Å²) in [6, 6.07) is 58.3. The van der Waals surface area contributed by atoms with Crippen LogP contribution in [-0.4, -0.2) is 18.3 Å². The fourth-order valence-electron chi connectivity index (χ4n) is 7.50. The standard InChI is InChI=1S/C46H36O2/c47-29-30-48-44-31-42(34-17-7-2-8-18-34)38-23-13-14-24-40(38)45(44)41-26-25-37(33-15-5-1-6-16-33)43-32-46(28-27-39(41)43,35-19-9-3-10-20-35)36-21-11-4-12-22-36/h1-28,31,47H,29-30,32H2. The van der Waals surface area contributed by atoms with Gasteiger partial charge in [-0.2, -0.15) is 0 Å². The zero-order valence-corrected chi connectivity index (χ0v) is 26.7.